The number of nitrogen functional groups attached to an aromatic ring is 1. The lowest BCUT2D eigenvalue weighted by Crippen LogP contribution is -2.06. The Morgan fingerprint density at radius 2 is 2.00 bits per heavy atom. The van der Waals surface area contributed by atoms with Crippen molar-refractivity contribution >= 4 is 11.4 Å². The number of hydrogen-bond donors (Lipinski definition) is 2. The van der Waals surface area contributed by atoms with Gasteiger partial charge in [0.1, 0.15) is 0 Å². The molecule has 86 valence electrons. The zero-order valence-corrected chi connectivity index (χ0v) is 9.56. The number of nitrogens with two attached hydrogens (primary N) is 1. The van der Waals surface area contributed by atoms with Crippen LogP contribution in [0.1, 0.15) is 23.6 Å². The third-order valence-electron chi connectivity index (χ3n) is 3.27. The molecule has 0 radical (unpaired) electrons. The number of nitrogens with zero attached hydrogens (tertiary/aromatic N) is 1. The van der Waals surface area contributed by atoms with Crippen molar-refractivity contribution in [2.24, 2.45) is 0 Å². The molecule has 17 heavy (non-hydrogen) atoms. The standard InChI is InChI=1S/C14H15N3/c15-11-2-3-13-10(9-11)1-4-14(13)17-12-5-7-16-8-6-12/h2-3,5-9,14H,1,4,15H2,(H,16,17). The molecule has 3 N–H and O–H groups in total. The zero-order valence-electron chi connectivity index (χ0n) is 9.56. The SMILES string of the molecule is Nc1ccc2c(c1)CCC2Nc1ccncc1. The lowest BCUT2D eigenvalue weighted by Gasteiger charge is -2.15. The lowest BCUT2D eigenvalue weighted by molar-refractivity contribution is 0.762. The number of anilines is 2. The quantitative estimate of drug-likeness (QED) is 0.773. The minimum atomic E-state index is 0.396. The molecular formula is C14H15N3. The average Bonchev–Trinajstić information content (AvgIpc) is 2.73. The van der Waals surface area contributed by atoms with Crippen molar-refractivity contribution in [3.63, 3.8) is 0 Å². The van der Waals surface area contributed by atoms with Crippen LogP contribution in [0.25, 0.3) is 0 Å². The largest absolute Gasteiger partial charge is 0.399 e. The summed E-state index contributed by atoms with van der Waals surface area (Å²) in [6, 6.07) is 10.6. The van der Waals surface area contributed by atoms with Crippen LogP contribution in [0.2, 0.25) is 0 Å². The molecule has 1 aromatic heterocycles. The third-order valence-corrected chi connectivity index (χ3v) is 3.27. The molecular weight excluding hydrogens is 210 g/mol. The van der Waals surface area contributed by atoms with Crippen molar-refractivity contribution in [1.29, 1.82) is 0 Å². The average molecular weight is 225 g/mol. The maximum atomic E-state index is 5.80. The minimum Gasteiger partial charge on any atom is -0.399 e. The summed E-state index contributed by atoms with van der Waals surface area (Å²) in [7, 11) is 0. The van der Waals surface area contributed by atoms with Crippen molar-refractivity contribution in [3.8, 4) is 0 Å². The molecule has 1 atom stereocenters. The molecule has 0 aliphatic heterocycles. The summed E-state index contributed by atoms with van der Waals surface area (Å²) in [6.07, 6.45) is 5.84. The van der Waals surface area contributed by atoms with Gasteiger partial charge < -0.3 is 11.1 Å². The predicted molar refractivity (Wildman–Crippen MR) is 69.8 cm³/mol. The van der Waals surface area contributed by atoms with Crippen LogP contribution in [-0.2, 0) is 6.42 Å². The van der Waals surface area contributed by atoms with Crippen LogP contribution in [0.4, 0.5) is 11.4 Å². The number of nitrogens with one attached hydrogen (secondary N) is 1. The van der Waals surface area contributed by atoms with E-state index in [2.05, 4.69) is 22.4 Å². The molecule has 3 heteroatoms. The normalized spacial score (nSPS) is 17.8. The Hall–Kier alpha value is -2.03. The first kappa shape index (κ1) is 10.1. The Bertz CT molecular complexity index is 522. The topological polar surface area (TPSA) is 50.9 Å². The van der Waals surface area contributed by atoms with Crippen molar-refractivity contribution < 1.29 is 0 Å². The molecule has 3 rings (SSSR count). The van der Waals surface area contributed by atoms with E-state index in [1.165, 1.54) is 11.1 Å². The Kier molecular flexibility index (Phi) is 2.44. The molecule has 1 unspecified atom stereocenters. The van der Waals surface area contributed by atoms with E-state index >= 15 is 0 Å². The van der Waals surface area contributed by atoms with Gasteiger partial charge in [0.25, 0.3) is 0 Å². The van der Waals surface area contributed by atoms with Gasteiger partial charge in [0.2, 0.25) is 0 Å². The van der Waals surface area contributed by atoms with Crippen molar-refractivity contribution in [2.45, 2.75) is 18.9 Å². The Morgan fingerprint density at radius 1 is 1.18 bits per heavy atom. The van der Waals surface area contributed by atoms with Gasteiger partial charge in [0, 0.05) is 23.8 Å². The third kappa shape index (κ3) is 1.96. The molecule has 1 heterocycles. The van der Waals surface area contributed by atoms with Gasteiger partial charge in [-0.1, -0.05) is 6.07 Å². The van der Waals surface area contributed by atoms with Gasteiger partial charge in [-0.2, -0.15) is 0 Å². The fourth-order valence-corrected chi connectivity index (χ4v) is 2.44. The van der Waals surface area contributed by atoms with E-state index < -0.39 is 0 Å². The van der Waals surface area contributed by atoms with Crippen LogP contribution in [-0.4, -0.2) is 4.98 Å². The van der Waals surface area contributed by atoms with Gasteiger partial charge in [-0.25, -0.2) is 0 Å². The van der Waals surface area contributed by atoms with Gasteiger partial charge in [-0.3, -0.25) is 4.98 Å². The molecule has 0 amide bonds. The summed E-state index contributed by atoms with van der Waals surface area (Å²) < 4.78 is 0. The number of rotatable bonds is 2. The van der Waals surface area contributed by atoms with Gasteiger partial charge in [0.05, 0.1) is 6.04 Å². The van der Waals surface area contributed by atoms with E-state index in [1.807, 2.05) is 18.2 Å². The number of aromatic nitrogens is 1. The maximum absolute atomic E-state index is 5.80. The van der Waals surface area contributed by atoms with Crippen molar-refractivity contribution in [2.75, 3.05) is 11.1 Å². The molecule has 0 spiro atoms. The minimum absolute atomic E-state index is 0.396. The molecule has 1 aliphatic carbocycles. The van der Waals surface area contributed by atoms with E-state index in [0.29, 0.717) is 6.04 Å². The summed E-state index contributed by atoms with van der Waals surface area (Å²) in [5.74, 6) is 0. The number of fused-ring (bicyclic) bond motifs is 1. The summed E-state index contributed by atoms with van der Waals surface area (Å²) in [6.45, 7) is 0. The van der Waals surface area contributed by atoms with Crippen LogP contribution >= 0.6 is 0 Å². The van der Waals surface area contributed by atoms with Crippen LogP contribution in [0.3, 0.4) is 0 Å². The van der Waals surface area contributed by atoms with Crippen LogP contribution in [0.5, 0.6) is 0 Å². The summed E-state index contributed by atoms with van der Waals surface area (Å²) in [5.41, 5.74) is 10.5. The summed E-state index contributed by atoms with van der Waals surface area (Å²) >= 11 is 0. The number of aryl methyl sites for hydroxylation is 1. The lowest BCUT2D eigenvalue weighted by atomic mass is 10.1. The van der Waals surface area contributed by atoms with Crippen LogP contribution < -0.4 is 11.1 Å². The molecule has 0 saturated heterocycles. The first-order valence-corrected chi connectivity index (χ1v) is 5.88. The highest BCUT2D eigenvalue weighted by molar-refractivity contribution is 5.51. The predicted octanol–water partition coefficient (Wildman–Crippen LogP) is 2.76. The highest BCUT2D eigenvalue weighted by Crippen LogP contribution is 2.34. The molecule has 0 bridgehead atoms. The fraction of sp³-hybridized carbons (Fsp3) is 0.214. The van der Waals surface area contributed by atoms with E-state index in [4.69, 9.17) is 5.73 Å². The molecule has 2 aromatic rings. The van der Waals surface area contributed by atoms with E-state index in [1.54, 1.807) is 12.4 Å². The van der Waals surface area contributed by atoms with Gasteiger partial charge >= 0.3 is 0 Å². The second kappa shape index (κ2) is 4.09. The Morgan fingerprint density at radius 3 is 2.82 bits per heavy atom. The summed E-state index contributed by atoms with van der Waals surface area (Å²) in [5, 5.41) is 3.54. The van der Waals surface area contributed by atoms with Crippen molar-refractivity contribution in [1.82, 2.24) is 4.98 Å². The highest BCUT2D eigenvalue weighted by Gasteiger charge is 2.21. The number of benzene rings is 1. The molecule has 1 aromatic carbocycles. The molecule has 0 saturated carbocycles. The van der Waals surface area contributed by atoms with E-state index in [-0.39, 0.29) is 0 Å². The second-order valence-corrected chi connectivity index (χ2v) is 4.43. The van der Waals surface area contributed by atoms with Gasteiger partial charge in [-0.15, -0.1) is 0 Å². The second-order valence-electron chi connectivity index (χ2n) is 4.43. The number of pyridine rings is 1. The fourth-order valence-electron chi connectivity index (χ4n) is 2.44. The molecule has 0 fully saturated rings. The first-order valence-electron chi connectivity index (χ1n) is 5.88. The highest BCUT2D eigenvalue weighted by atomic mass is 14.9. The van der Waals surface area contributed by atoms with Crippen molar-refractivity contribution in [3.05, 3.63) is 53.9 Å². The van der Waals surface area contributed by atoms with Gasteiger partial charge in [-0.05, 0) is 48.2 Å². The summed E-state index contributed by atoms with van der Waals surface area (Å²) in [4.78, 5) is 4.02. The van der Waals surface area contributed by atoms with Crippen LogP contribution in [0, 0.1) is 0 Å². The Labute approximate surface area is 101 Å². The maximum Gasteiger partial charge on any atom is 0.0519 e. The molecule has 1 aliphatic rings. The number of hydrogen-bond acceptors (Lipinski definition) is 3. The van der Waals surface area contributed by atoms with E-state index in [0.717, 1.165) is 24.2 Å². The molecule has 3 nitrogen and oxygen atoms in total. The Balaban J connectivity index is 1.85. The van der Waals surface area contributed by atoms with Crippen LogP contribution in [0.15, 0.2) is 42.7 Å². The smallest absolute Gasteiger partial charge is 0.0519 e. The first-order chi connectivity index (χ1) is 8.33. The van der Waals surface area contributed by atoms with E-state index in [9.17, 15) is 0 Å². The monoisotopic (exact) mass is 225 g/mol. The van der Waals surface area contributed by atoms with Gasteiger partial charge in [0.15, 0.2) is 0 Å². The zero-order chi connectivity index (χ0) is 11.7.